The zero-order chi connectivity index (χ0) is 14.3. The van der Waals surface area contributed by atoms with Crippen molar-refractivity contribution in [1.29, 1.82) is 0 Å². The van der Waals surface area contributed by atoms with Gasteiger partial charge in [-0.05, 0) is 31.0 Å². The zero-order valence-electron chi connectivity index (χ0n) is 11.4. The number of rotatable bonds is 8. The van der Waals surface area contributed by atoms with Crippen LogP contribution in [0.2, 0.25) is 0 Å². The average Bonchev–Trinajstić information content (AvgIpc) is 2.34. The molecule has 5 nitrogen and oxygen atoms in total. The molecular formula is C13H21NO4S. The molecule has 0 unspecified atom stereocenters. The van der Waals surface area contributed by atoms with E-state index in [0.29, 0.717) is 19.8 Å². The number of primary sulfonamides is 1. The molecule has 0 atom stereocenters. The van der Waals surface area contributed by atoms with E-state index in [1.54, 1.807) is 19.1 Å². The van der Waals surface area contributed by atoms with E-state index >= 15 is 0 Å². The fraction of sp³-hybridized carbons (Fsp3) is 0.538. The van der Waals surface area contributed by atoms with Gasteiger partial charge in [0.25, 0.3) is 0 Å². The van der Waals surface area contributed by atoms with Crippen LogP contribution in [0.5, 0.6) is 5.75 Å². The van der Waals surface area contributed by atoms with Crippen molar-refractivity contribution >= 4 is 10.0 Å². The van der Waals surface area contributed by atoms with Gasteiger partial charge in [0.2, 0.25) is 10.0 Å². The summed E-state index contributed by atoms with van der Waals surface area (Å²) in [6.45, 7) is 5.31. The van der Waals surface area contributed by atoms with E-state index in [9.17, 15) is 8.42 Å². The average molecular weight is 287 g/mol. The molecule has 1 aromatic rings. The summed E-state index contributed by atoms with van der Waals surface area (Å²) >= 11 is 0. The fourth-order valence-corrected chi connectivity index (χ4v) is 2.27. The number of hydrogen-bond acceptors (Lipinski definition) is 4. The van der Waals surface area contributed by atoms with Gasteiger partial charge in [-0.3, -0.25) is 0 Å². The molecule has 6 heteroatoms. The number of nitrogens with two attached hydrogens (primary N) is 1. The molecule has 0 aliphatic carbocycles. The van der Waals surface area contributed by atoms with Crippen LogP contribution in [0.1, 0.15) is 25.3 Å². The monoisotopic (exact) mass is 287 g/mol. The van der Waals surface area contributed by atoms with Crippen molar-refractivity contribution in [3.63, 3.8) is 0 Å². The lowest BCUT2D eigenvalue weighted by Crippen LogP contribution is -2.15. The minimum atomic E-state index is -3.77. The van der Waals surface area contributed by atoms with Gasteiger partial charge >= 0.3 is 0 Å². The Labute approximate surface area is 114 Å². The quantitative estimate of drug-likeness (QED) is 0.740. The Morgan fingerprint density at radius 1 is 1.21 bits per heavy atom. The van der Waals surface area contributed by atoms with Gasteiger partial charge in [0, 0.05) is 6.61 Å². The summed E-state index contributed by atoms with van der Waals surface area (Å²) in [6, 6.07) is 4.89. The lowest BCUT2D eigenvalue weighted by Gasteiger charge is -2.11. The Morgan fingerprint density at radius 3 is 2.58 bits per heavy atom. The summed E-state index contributed by atoms with van der Waals surface area (Å²) in [5.41, 5.74) is 0.815. The van der Waals surface area contributed by atoms with E-state index in [1.807, 2.05) is 0 Å². The van der Waals surface area contributed by atoms with E-state index < -0.39 is 10.0 Å². The third-order valence-electron chi connectivity index (χ3n) is 2.53. The van der Waals surface area contributed by atoms with Gasteiger partial charge in [0.05, 0.1) is 6.61 Å². The second kappa shape index (κ2) is 7.47. The summed E-state index contributed by atoms with van der Waals surface area (Å²) in [4.78, 5) is 0.0149. The third-order valence-corrected chi connectivity index (χ3v) is 3.47. The predicted molar refractivity (Wildman–Crippen MR) is 73.8 cm³/mol. The SMILES string of the molecule is CCCCOCCOc1ccc(C)cc1S(N)(=O)=O. The number of sulfonamides is 1. The molecule has 0 aliphatic rings. The Kier molecular flexibility index (Phi) is 6.27. The Bertz CT molecular complexity index is 499. The Hall–Kier alpha value is -1.11. The smallest absolute Gasteiger partial charge is 0.241 e. The summed E-state index contributed by atoms with van der Waals surface area (Å²) in [6.07, 6.45) is 2.08. The molecular weight excluding hydrogens is 266 g/mol. The molecule has 0 radical (unpaired) electrons. The molecule has 19 heavy (non-hydrogen) atoms. The minimum Gasteiger partial charge on any atom is -0.490 e. The van der Waals surface area contributed by atoms with Crippen molar-refractivity contribution in [2.75, 3.05) is 19.8 Å². The van der Waals surface area contributed by atoms with Crippen LogP contribution < -0.4 is 9.88 Å². The molecule has 0 amide bonds. The molecule has 0 fully saturated rings. The summed E-state index contributed by atoms with van der Waals surface area (Å²) in [5.74, 6) is 0.271. The van der Waals surface area contributed by atoms with E-state index in [0.717, 1.165) is 18.4 Å². The lowest BCUT2D eigenvalue weighted by molar-refractivity contribution is 0.0971. The highest BCUT2D eigenvalue weighted by molar-refractivity contribution is 7.89. The van der Waals surface area contributed by atoms with Gasteiger partial charge < -0.3 is 9.47 Å². The first kappa shape index (κ1) is 15.9. The second-order valence-electron chi connectivity index (χ2n) is 4.31. The topological polar surface area (TPSA) is 78.6 Å². The molecule has 1 aromatic carbocycles. The highest BCUT2D eigenvalue weighted by Gasteiger charge is 2.15. The van der Waals surface area contributed by atoms with E-state index in [2.05, 4.69) is 6.92 Å². The van der Waals surface area contributed by atoms with E-state index in [-0.39, 0.29) is 10.6 Å². The maximum atomic E-state index is 11.4. The third kappa shape index (κ3) is 5.59. The molecule has 0 spiro atoms. The fourth-order valence-electron chi connectivity index (χ4n) is 1.52. The van der Waals surface area contributed by atoms with Crippen molar-refractivity contribution in [3.8, 4) is 5.75 Å². The minimum absolute atomic E-state index is 0.0149. The van der Waals surface area contributed by atoms with Crippen molar-refractivity contribution in [3.05, 3.63) is 23.8 Å². The number of unbranched alkanes of at least 4 members (excludes halogenated alkanes) is 1. The molecule has 0 saturated carbocycles. The Morgan fingerprint density at radius 2 is 1.95 bits per heavy atom. The van der Waals surface area contributed by atoms with Gasteiger partial charge in [0.15, 0.2) is 0 Å². The molecule has 0 heterocycles. The van der Waals surface area contributed by atoms with Gasteiger partial charge in [-0.1, -0.05) is 19.4 Å². The van der Waals surface area contributed by atoms with Gasteiger partial charge in [-0.2, -0.15) is 0 Å². The maximum absolute atomic E-state index is 11.4. The van der Waals surface area contributed by atoms with E-state index in [4.69, 9.17) is 14.6 Å². The van der Waals surface area contributed by atoms with Crippen LogP contribution in [0.3, 0.4) is 0 Å². The van der Waals surface area contributed by atoms with Crippen molar-refractivity contribution in [2.24, 2.45) is 5.14 Å². The highest BCUT2D eigenvalue weighted by atomic mass is 32.2. The Balaban J connectivity index is 2.59. The van der Waals surface area contributed by atoms with Crippen LogP contribution in [0.25, 0.3) is 0 Å². The molecule has 0 saturated heterocycles. The number of aryl methyl sites for hydroxylation is 1. The normalized spacial score (nSPS) is 11.5. The van der Waals surface area contributed by atoms with Crippen LogP contribution in [0, 0.1) is 6.92 Å². The largest absolute Gasteiger partial charge is 0.490 e. The summed E-state index contributed by atoms with van der Waals surface area (Å²) < 4.78 is 33.6. The van der Waals surface area contributed by atoms with Crippen molar-refractivity contribution in [2.45, 2.75) is 31.6 Å². The van der Waals surface area contributed by atoms with Crippen LogP contribution >= 0.6 is 0 Å². The second-order valence-corrected chi connectivity index (χ2v) is 5.84. The van der Waals surface area contributed by atoms with Gasteiger partial charge in [-0.15, -0.1) is 0 Å². The van der Waals surface area contributed by atoms with Crippen molar-refractivity contribution in [1.82, 2.24) is 0 Å². The molecule has 0 aliphatic heterocycles. The first-order valence-electron chi connectivity index (χ1n) is 6.29. The van der Waals surface area contributed by atoms with Crippen LogP contribution in [0.15, 0.2) is 23.1 Å². The first-order chi connectivity index (χ1) is 8.95. The molecule has 0 aromatic heterocycles. The number of benzene rings is 1. The standard InChI is InChI=1S/C13H21NO4S/c1-3-4-7-17-8-9-18-12-6-5-11(2)10-13(12)19(14,15)16/h5-6,10H,3-4,7-9H2,1-2H3,(H2,14,15,16). The summed E-state index contributed by atoms with van der Waals surface area (Å²) in [7, 11) is -3.77. The lowest BCUT2D eigenvalue weighted by atomic mass is 10.2. The molecule has 1 rings (SSSR count). The summed E-state index contributed by atoms with van der Waals surface area (Å²) in [5, 5.41) is 5.16. The maximum Gasteiger partial charge on any atom is 0.241 e. The van der Waals surface area contributed by atoms with Crippen LogP contribution in [-0.2, 0) is 14.8 Å². The molecule has 108 valence electrons. The highest BCUT2D eigenvalue weighted by Crippen LogP contribution is 2.23. The molecule has 2 N–H and O–H groups in total. The van der Waals surface area contributed by atoms with E-state index in [1.165, 1.54) is 6.07 Å². The van der Waals surface area contributed by atoms with Gasteiger partial charge in [0.1, 0.15) is 17.3 Å². The van der Waals surface area contributed by atoms with Crippen molar-refractivity contribution < 1.29 is 17.9 Å². The first-order valence-corrected chi connectivity index (χ1v) is 7.83. The molecule has 0 bridgehead atoms. The van der Waals surface area contributed by atoms with Crippen LogP contribution in [0.4, 0.5) is 0 Å². The predicted octanol–water partition coefficient (Wildman–Crippen LogP) is 1.84. The van der Waals surface area contributed by atoms with Crippen LogP contribution in [-0.4, -0.2) is 28.2 Å². The van der Waals surface area contributed by atoms with Gasteiger partial charge in [-0.25, -0.2) is 13.6 Å². The number of ether oxygens (including phenoxy) is 2. The number of hydrogen-bond donors (Lipinski definition) is 1. The zero-order valence-corrected chi connectivity index (χ0v) is 12.2.